The number of ether oxygens (including phenoxy) is 1. The number of carbonyl (C=O) groups excluding carboxylic acids is 1. The summed E-state index contributed by atoms with van der Waals surface area (Å²) in [6.07, 6.45) is 0.867. The average molecular weight is 247 g/mol. The van der Waals surface area contributed by atoms with Gasteiger partial charge in [-0.15, -0.1) is 0 Å². The van der Waals surface area contributed by atoms with Crippen LogP contribution in [0.4, 0.5) is 9.18 Å². The van der Waals surface area contributed by atoms with Crippen LogP contribution in [0.3, 0.4) is 0 Å². The first-order valence-corrected chi connectivity index (χ1v) is 6.02. The fourth-order valence-corrected chi connectivity index (χ4v) is 1.82. The molecule has 0 radical (unpaired) electrons. The molecule has 1 aliphatic heterocycles. The van der Waals surface area contributed by atoms with E-state index >= 15 is 0 Å². The molecule has 1 fully saturated rings. The highest BCUT2D eigenvalue weighted by Gasteiger charge is 2.32. The molecule has 1 amide bonds. The Labute approximate surface area is 102 Å². The summed E-state index contributed by atoms with van der Waals surface area (Å²) in [5.74, 6) is 0. The molecular weight excluding hydrogens is 225 g/mol. The van der Waals surface area contributed by atoms with E-state index in [9.17, 15) is 14.3 Å². The van der Waals surface area contributed by atoms with E-state index in [-0.39, 0.29) is 12.5 Å². The number of hydrogen-bond acceptors (Lipinski definition) is 3. The molecule has 100 valence electrons. The molecule has 0 aliphatic carbocycles. The lowest BCUT2D eigenvalue weighted by molar-refractivity contribution is -0.000788. The van der Waals surface area contributed by atoms with Crippen molar-refractivity contribution in [1.29, 1.82) is 0 Å². The van der Waals surface area contributed by atoms with E-state index in [0.29, 0.717) is 25.9 Å². The van der Waals surface area contributed by atoms with Gasteiger partial charge in [0.15, 0.2) is 0 Å². The minimum absolute atomic E-state index is 0.267. The zero-order chi connectivity index (χ0) is 13.1. The van der Waals surface area contributed by atoms with Crippen LogP contribution in [0.5, 0.6) is 0 Å². The largest absolute Gasteiger partial charge is 0.444 e. The maximum atomic E-state index is 12.7. The van der Waals surface area contributed by atoms with E-state index in [1.807, 2.05) is 0 Å². The molecule has 1 aliphatic rings. The van der Waals surface area contributed by atoms with Crippen LogP contribution < -0.4 is 0 Å². The summed E-state index contributed by atoms with van der Waals surface area (Å²) in [7, 11) is 0. The maximum Gasteiger partial charge on any atom is 0.410 e. The van der Waals surface area contributed by atoms with Gasteiger partial charge in [-0.05, 0) is 40.0 Å². The lowest BCUT2D eigenvalue weighted by atomic mass is 9.97. The van der Waals surface area contributed by atoms with Crippen molar-refractivity contribution in [3.8, 4) is 0 Å². The molecule has 4 nitrogen and oxygen atoms in total. The quantitative estimate of drug-likeness (QED) is 0.772. The number of likely N-dealkylation sites (tertiary alicyclic amines) is 1. The van der Waals surface area contributed by atoms with Crippen LogP contribution in [0.15, 0.2) is 0 Å². The van der Waals surface area contributed by atoms with Gasteiger partial charge >= 0.3 is 6.09 Å². The van der Waals surface area contributed by atoms with Crippen LogP contribution in [0, 0.1) is 0 Å². The summed E-state index contributed by atoms with van der Waals surface area (Å²) in [6, 6.07) is 0. The normalized spacial score (nSPS) is 26.5. The van der Waals surface area contributed by atoms with Crippen LogP contribution in [0.2, 0.25) is 0 Å². The maximum absolute atomic E-state index is 12.7. The van der Waals surface area contributed by atoms with Crippen molar-refractivity contribution in [2.75, 3.05) is 19.8 Å². The van der Waals surface area contributed by atoms with Crippen LogP contribution in [-0.4, -0.2) is 47.1 Å². The van der Waals surface area contributed by atoms with Gasteiger partial charge in [0.25, 0.3) is 0 Å². The minimum Gasteiger partial charge on any atom is -0.444 e. The second-order valence-electron chi connectivity index (χ2n) is 5.68. The minimum atomic E-state index is -1.27. The molecule has 0 bridgehead atoms. The van der Waals surface area contributed by atoms with Gasteiger partial charge in [0.05, 0.1) is 5.60 Å². The molecule has 0 aromatic carbocycles. The molecule has 1 heterocycles. The molecule has 0 spiro atoms. The number of rotatable bonds is 1. The third-order valence-electron chi connectivity index (χ3n) is 2.82. The van der Waals surface area contributed by atoms with Crippen molar-refractivity contribution in [3.05, 3.63) is 0 Å². The summed E-state index contributed by atoms with van der Waals surface area (Å²) in [4.78, 5) is 13.3. The van der Waals surface area contributed by atoms with E-state index in [4.69, 9.17) is 4.74 Å². The Kier molecular flexibility index (Phi) is 4.36. The lowest BCUT2D eigenvalue weighted by Crippen LogP contribution is -2.38. The number of amides is 1. The van der Waals surface area contributed by atoms with E-state index in [1.165, 1.54) is 0 Å². The van der Waals surface area contributed by atoms with Gasteiger partial charge in [-0.3, -0.25) is 0 Å². The second kappa shape index (κ2) is 5.21. The first kappa shape index (κ1) is 14.2. The van der Waals surface area contributed by atoms with E-state index in [2.05, 4.69) is 0 Å². The number of hydrogen-bond donors (Lipinski definition) is 1. The lowest BCUT2D eigenvalue weighted by Gasteiger charge is -2.27. The molecule has 5 heteroatoms. The van der Waals surface area contributed by atoms with Gasteiger partial charge in [0.1, 0.15) is 12.3 Å². The summed E-state index contributed by atoms with van der Waals surface area (Å²) < 4.78 is 17.9. The third-order valence-corrected chi connectivity index (χ3v) is 2.82. The highest BCUT2D eigenvalue weighted by atomic mass is 19.1. The molecule has 1 saturated heterocycles. The number of nitrogens with zero attached hydrogens (tertiary/aromatic N) is 1. The predicted octanol–water partition coefficient (Wildman–Crippen LogP) is 2.11. The van der Waals surface area contributed by atoms with Crippen molar-refractivity contribution >= 4 is 6.09 Å². The van der Waals surface area contributed by atoms with E-state index in [0.717, 1.165) is 0 Å². The Bertz CT molecular complexity index is 277. The number of alkyl halides is 1. The van der Waals surface area contributed by atoms with Crippen molar-refractivity contribution in [3.63, 3.8) is 0 Å². The Balaban J connectivity index is 2.54. The highest BCUT2D eigenvalue weighted by molar-refractivity contribution is 5.68. The van der Waals surface area contributed by atoms with Gasteiger partial charge in [-0.1, -0.05) is 0 Å². The van der Waals surface area contributed by atoms with Crippen LogP contribution in [0.1, 0.15) is 40.0 Å². The SMILES string of the molecule is CC(C)(C)OC(=O)N1CCC[C@](O)(CF)CC1. The van der Waals surface area contributed by atoms with Crippen molar-refractivity contribution in [2.45, 2.75) is 51.2 Å². The molecule has 1 rings (SSSR count). The molecule has 1 atom stereocenters. The molecule has 17 heavy (non-hydrogen) atoms. The Hall–Kier alpha value is -0.840. The monoisotopic (exact) mass is 247 g/mol. The molecular formula is C12H22FNO3. The Morgan fingerprint density at radius 2 is 2.06 bits per heavy atom. The van der Waals surface area contributed by atoms with E-state index < -0.39 is 17.9 Å². The van der Waals surface area contributed by atoms with Crippen molar-refractivity contribution in [1.82, 2.24) is 4.90 Å². The molecule has 1 N–H and O–H groups in total. The summed E-state index contributed by atoms with van der Waals surface area (Å²) >= 11 is 0. The fourth-order valence-electron chi connectivity index (χ4n) is 1.82. The van der Waals surface area contributed by atoms with Gasteiger partial charge in [0, 0.05) is 13.1 Å². The first-order chi connectivity index (χ1) is 7.76. The second-order valence-corrected chi connectivity index (χ2v) is 5.68. The van der Waals surface area contributed by atoms with Crippen LogP contribution in [-0.2, 0) is 4.74 Å². The number of aliphatic hydroxyl groups is 1. The van der Waals surface area contributed by atoms with Crippen molar-refractivity contribution < 1.29 is 19.0 Å². The van der Waals surface area contributed by atoms with Gasteiger partial charge in [-0.25, -0.2) is 9.18 Å². The molecule has 0 unspecified atom stereocenters. The topological polar surface area (TPSA) is 49.8 Å². The molecule has 0 saturated carbocycles. The average Bonchev–Trinajstić information content (AvgIpc) is 2.39. The highest BCUT2D eigenvalue weighted by Crippen LogP contribution is 2.23. The molecule has 0 aromatic heterocycles. The smallest absolute Gasteiger partial charge is 0.410 e. The van der Waals surface area contributed by atoms with E-state index in [1.54, 1.807) is 25.7 Å². The van der Waals surface area contributed by atoms with Crippen LogP contribution in [0.25, 0.3) is 0 Å². The first-order valence-electron chi connectivity index (χ1n) is 6.02. The summed E-state index contributed by atoms with van der Waals surface area (Å²) in [6.45, 7) is 5.52. The zero-order valence-corrected chi connectivity index (χ0v) is 10.8. The number of carbonyl (C=O) groups is 1. The predicted molar refractivity (Wildman–Crippen MR) is 62.6 cm³/mol. The van der Waals surface area contributed by atoms with Gasteiger partial charge in [-0.2, -0.15) is 0 Å². The van der Waals surface area contributed by atoms with Gasteiger partial charge < -0.3 is 14.7 Å². The summed E-state index contributed by atoms with van der Waals surface area (Å²) in [5, 5.41) is 9.84. The zero-order valence-electron chi connectivity index (χ0n) is 10.8. The Morgan fingerprint density at radius 3 is 2.59 bits per heavy atom. The molecule has 0 aromatic rings. The van der Waals surface area contributed by atoms with Gasteiger partial charge in [0.2, 0.25) is 0 Å². The standard InChI is InChI=1S/C12H22FNO3/c1-11(2,3)17-10(15)14-7-4-5-12(16,9-13)6-8-14/h16H,4-9H2,1-3H3/t12-/m1/s1. The summed E-state index contributed by atoms with van der Waals surface area (Å²) in [5.41, 5.74) is -1.80. The van der Waals surface area contributed by atoms with Crippen LogP contribution >= 0.6 is 0 Å². The Morgan fingerprint density at radius 1 is 1.41 bits per heavy atom. The third kappa shape index (κ3) is 4.50. The van der Waals surface area contributed by atoms with Crippen molar-refractivity contribution in [2.24, 2.45) is 0 Å². The number of halogens is 1. The fraction of sp³-hybridized carbons (Fsp3) is 0.917.